The lowest BCUT2D eigenvalue weighted by molar-refractivity contribution is 0.0735. The first-order valence-corrected chi connectivity index (χ1v) is 12.4. The number of hydrogen-bond donors (Lipinski definition) is 0. The predicted molar refractivity (Wildman–Crippen MR) is 124 cm³/mol. The molecule has 1 saturated heterocycles. The van der Waals surface area contributed by atoms with Gasteiger partial charge < -0.3 is 14.4 Å². The number of nitrogens with zero attached hydrogens (tertiary/aromatic N) is 2. The summed E-state index contributed by atoms with van der Waals surface area (Å²) in [7, 11) is -0.643. The Hall–Kier alpha value is -2.29. The number of benzene rings is 2. The third kappa shape index (κ3) is 4.58. The lowest BCUT2D eigenvalue weighted by Crippen LogP contribution is -2.32. The van der Waals surface area contributed by atoms with E-state index in [2.05, 4.69) is 0 Å². The van der Waals surface area contributed by atoms with E-state index in [0.29, 0.717) is 36.7 Å². The average molecular weight is 481 g/mol. The monoisotopic (exact) mass is 480 g/mol. The predicted octanol–water partition coefficient (Wildman–Crippen LogP) is 4.37. The summed E-state index contributed by atoms with van der Waals surface area (Å²) >= 11 is 6.23. The normalized spacial score (nSPS) is 16.4. The summed E-state index contributed by atoms with van der Waals surface area (Å²) in [5, 5.41) is 0.103. The SMILES string of the molecule is CCN(CC)S(=O)(=O)c1cc(C(=O)N2CCCC2c2ccc(OC)c(OC)c2)ccc1Cl. The van der Waals surface area contributed by atoms with E-state index in [0.717, 1.165) is 18.4 Å². The van der Waals surface area contributed by atoms with Crippen LogP contribution in [0.2, 0.25) is 5.02 Å². The Labute approximate surface area is 194 Å². The van der Waals surface area contributed by atoms with Crippen molar-refractivity contribution in [3.05, 3.63) is 52.5 Å². The van der Waals surface area contributed by atoms with Gasteiger partial charge in [0, 0.05) is 25.2 Å². The molecule has 1 fully saturated rings. The van der Waals surface area contributed by atoms with E-state index in [-0.39, 0.29) is 21.9 Å². The largest absolute Gasteiger partial charge is 0.493 e. The van der Waals surface area contributed by atoms with E-state index in [9.17, 15) is 13.2 Å². The van der Waals surface area contributed by atoms with Crippen LogP contribution in [0, 0.1) is 0 Å². The van der Waals surface area contributed by atoms with Gasteiger partial charge in [-0.3, -0.25) is 4.79 Å². The zero-order valence-electron chi connectivity index (χ0n) is 18.8. The maximum atomic E-state index is 13.4. The number of carbonyl (C=O) groups excluding carboxylic acids is 1. The van der Waals surface area contributed by atoms with Crippen molar-refractivity contribution < 1.29 is 22.7 Å². The van der Waals surface area contributed by atoms with Gasteiger partial charge in [-0.2, -0.15) is 4.31 Å². The van der Waals surface area contributed by atoms with Crippen molar-refractivity contribution in [3.63, 3.8) is 0 Å². The second kappa shape index (κ2) is 10.1. The number of carbonyl (C=O) groups is 1. The summed E-state index contributed by atoms with van der Waals surface area (Å²) < 4.78 is 38.1. The van der Waals surface area contributed by atoms with Gasteiger partial charge in [0.15, 0.2) is 11.5 Å². The molecule has 1 heterocycles. The van der Waals surface area contributed by atoms with Crippen LogP contribution in [0.15, 0.2) is 41.3 Å². The molecule has 9 heteroatoms. The molecular formula is C23H29ClN2O5S. The fourth-order valence-electron chi connectivity index (χ4n) is 4.12. The van der Waals surface area contributed by atoms with Gasteiger partial charge in [0.25, 0.3) is 5.91 Å². The molecular weight excluding hydrogens is 452 g/mol. The minimum atomic E-state index is -3.79. The highest BCUT2D eigenvalue weighted by Gasteiger charge is 2.32. The Morgan fingerprint density at radius 1 is 1.09 bits per heavy atom. The van der Waals surface area contributed by atoms with Gasteiger partial charge in [0.05, 0.1) is 25.3 Å². The highest BCUT2D eigenvalue weighted by atomic mass is 35.5. The molecule has 1 unspecified atom stereocenters. The Kier molecular flexibility index (Phi) is 7.69. The van der Waals surface area contributed by atoms with Crippen LogP contribution in [0.1, 0.15) is 48.7 Å². The molecule has 0 aromatic heterocycles. The van der Waals surface area contributed by atoms with Gasteiger partial charge in [0.1, 0.15) is 4.90 Å². The Morgan fingerprint density at radius 2 is 1.78 bits per heavy atom. The summed E-state index contributed by atoms with van der Waals surface area (Å²) in [4.78, 5) is 15.2. The number of hydrogen-bond acceptors (Lipinski definition) is 5. The van der Waals surface area contributed by atoms with E-state index in [1.807, 2.05) is 18.2 Å². The Morgan fingerprint density at radius 3 is 2.41 bits per heavy atom. The molecule has 2 aromatic carbocycles. The second-order valence-corrected chi connectivity index (χ2v) is 9.82. The van der Waals surface area contributed by atoms with Crippen LogP contribution in [0.3, 0.4) is 0 Å². The molecule has 2 aromatic rings. The summed E-state index contributed by atoms with van der Waals surface area (Å²) in [6, 6.07) is 9.95. The number of sulfonamides is 1. The molecule has 1 aliphatic heterocycles. The molecule has 0 N–H and O–H groups in total. The van der Waals surface area contributed by atoms with Crippen molar-refractivity contribution in [1.29, 1.82) is 0 Å². The quantitative estimate of drug-likeness (QED) is 0.561. The molecule has 3 rings (SSSR count). The van der Waals surface area contributed by atoms with E-state index >= 15 is 0 Å². The molecule has 0 bridgehead atoms. The first-order chi connectivity index (χ1) is 15.3. The topological polar surface area (TPSA) is 76.2 Å². The molecule has 0 radical (unpaired) electrons. The van der Waals surface area contributed by atoms with Gasteiger partial charge in [-0.05, 0) is 48.7 Å². The third-order valence-corrected chi connectivity index (χ3v) is 8.34. The van der Waals surface area contributed by atoms with E-state index < -0.39 is 10.0 Å². The minimum absolute atomic E-state index is 0.0458. The van der Waals surface area contributed by atoms with Gasteiger partial charge in [-0.25, -0.2) is 8.42 Å². The zero-order chi connectivity index (χ0) is 23.5. The van der Waals surface area contributed by atoms with Crippen LogP contribution in [0.4, 0.5) is 0 Å². The Balaban J connectivity index is 1.95. The molecule has 1 amide bonds. The van der Waals surface area contributed by atoms with Crippen molar-refractivity contribution in [1.82, 2.24) is 9.21 Å². The molecule has 0 aliphatic carbocycles. The molecule has 1 atom stereocenters. The van der Waals surface area contributed by atoms with Gasteiger partial charge in [-0.1, -0.05) is 31.5 Å². The first-order valence-electron chi connectivity index (χ1n) is 10.6. The van der Waals surface area contributed by atoms with Gasteiger partial charge in [-0.15, -0.1) is 0 Å². The number of rotatable bonds is 8. The minimum Gasteiger partial charge on any atom is -0.493 e. The van der Waals surface area contributed by atoms with Crippen molar-refractivity contribution in [2.75, 3.05) is 33.9 Å². The Bertz CT molecular complexity index is 1090. The van der Waals surface area contributed by atoms with Gasteiger partial charge >= 0.3 is 0 Å². The molecule has 174 valence electrons. The number of methoxy groups -OCH3 is 2. The molecule has 32 heavy (non-hydrogen) atoms. The average Bonchev–Trinajstić information content (AvgIpc) is 3.28. The van der Waals surface area contributed by atoms with Gasteiger partial charge in [0.2, 0.25) is 10.0 Å². The summed E-state index contributed by atoms with van der Waals surface area (Å²) in [5.41, 5.74) is 1.24. The van der Waals surface area contributed by atoms with E-state index in [1.54, 1.807) is 39.0 Å². The van der Waals surface area contributed by atoms with Crippen molar-refractivity contribution in [2.45, 2.75) is 37.6 Å². The summed E-state index contributed by atoms with van der Waals surface area (Å²) in [5.74, 6) is 0.995. The van der Waals surface area contributed by atoms with Crippen LogP contribution in [-0.2, 0) is 10.0 Å². The zero-order valence-corrected chi connectivity index (χ0v) is 20.4. The molecule has 7 nitrogen and oxygen atoms in total. The molecule has 0 spiro atoms. The smallest absolute Gasteiger partial charge is 0.254 e. The maximum Gasteiger partial charge on any atom is 0.254 e. The highest BCUT2D eigenvalue weighted by molar-refractivity contribution is 7.89. The number of likely N-dealkylation sites (tertiary alicyclic amines) is 1. The lowest BCUT2D eigenvalue weighted by Gasteiger charge is -2.26. The summed E-state index contributed by atoms with van der Waals surface area (Å²) in [6.45, 7) is 4.75. The van der Waals surface area contributed by atoms with Crippen LogP contribution in [-0.4, -0.2) is 57.4 Å². The van der Waals surface area contributed by atoms with Crippen LogP contribution in [0.25, 0.3) is 0 Å². The standard InChI is InChI=1S/C23H29ClN2O5S/c1-5-25(6-2)32(28,29)22-15-17(9-11-18(22)24)23(27)26-13-7-8-19(26)16-10-12-20(30-3)21(14-16)31-4/h9-12,14-15,19H,5-8,13H2,1-4H3. The van der Waals surface area contributed by atoms with Crippen LogP contribution in [0.5, 0.6) is 11.5 Å². The number of halogens is 1. The number of ether oxygens (including phenoxy) is 2. The van der Waals surface area contributed by atoms with Crippen molar-refractivity contribution in [3.8, 4) is 11.5 Å². The molecule has 0 saturated carbocycles. The first kappa shape index (κ1) is 24.4. The highest BCUT2D eigenvalue weighted by Crippen LogP contribution is 2.38. The maximum absolute atomic E-state index is 13.4. The number of amides is 1. The summed E-state index contributed by atoms with van der Waals surface area (Å²) in [6.07, 6.45) is 1.66. The molecule has 1 aliphatic rings. The lowest BCUT2D eigenvalue weighted by atomic mass is 10.0. The fraction of sp³-hybridized carbons (Fsp3) is 0.435. The van der Waals surface area contributed by atoms with Crippen LogP contribution >= 0.6 is 11.6 Å². The fourth-order valence-corrected chi connectivity index (χ4v) is 6.08. The second-order valence-electron chi connectivity index (χ2n) is 7.51. The van der Waals surface area contributed by atoms with E-state index in [1.165, 1.54) is 16.4 Å². The third-order valence-electron chi connectivity index (χ3n) is 5.81. The van der Waals surface area contributed by atoms with E-state index in [4.69, 9.17) is 21.1 Å². The van der Waals surface area contributed by atoms with Crippen molar-refractivity contribution in [2.24, 2.45) is 0 Å². The van der Waals surface area contributed by atoms with Crippen LogP contribution < -0.4 is 9.47 Å². The van der Waals surface area contributed by atoms with Crippen molar-refractivity contribution >= 4 is 27.5 Å².